The maximum Gasteiger partial charge on any atom is 0.323 e. The molecule has 2 amide bonds. The number of fused-ring (bicyclic) bond motifs is 1. The lowest BCUT2D eigenvalue weighted by Crippen LogP contribution is -2.33. The summed E-state index contributed by atoms with van der Waals surface area (Å²) in [5, 5.41) is 7.30. The molecule has 2 fully saturated rings. The predicted octanol–water partition coefficient (Wildman–Crippen LogP) is 2.35. The summed E-state index contributed by atoms with van der Waals surface area (Å²) in [4.78, 5) is 14.2. The van der Waals surface area contributed by atoms with E-state index in [1.54, 1.807) is 7.11 Å². The standard InChI is InChI=1S/C15H24N4O2/c1-11(10-21-2)19-7-6-14(17-19)16-15(20)18-8-12-4-3-5-13(12)9-18/h6-7,11-13H,3-5,8-10H2,1-2H3,(H,16,17,20)/t11-,12-,13+/m1/s1. The van der Waals surface area contributed by atoms with Crippen LogP contribution in [0, 0.1) is 11.8 Å². The van der Waals surface area contributed by atoms with Crippen molar-refractivity contribution < 1.29 is 9.53 Å². The van der Waals surface area contributed by atoms with E-state index in [2.05, 4.69) is 10.4 Å². The van der Waals surface area contributed by atoms with E-state index < -0.39 is 0 Å². The lowest BCUT2D eigenvalue weighted by molar-refractivity contribution is 0.157. The number of amides is 2. The first-order valence-electron chi connectivity index (χ1n) is 7.77. The van der Waals surface area contributed by atoms with Crippen LogP contribution in [0.5, 0.6) is 0 Å². The average Bonchev–Trinajstić information content (AvgIpc) is 3.13. The number of anilines is 1. The average molecular weight is 292 g/mol. The van der Waals surface area contributed by atoms with E-state index in [1.165, 1.54) is 19.3 Å². The largest absolute Gasteiger partial charge is 0.382 e. The highest BCUT2D eigenvalue weighted by atomic mass is 16.5. The molecular weight excluding hydrogens is 268 g/mol. The van der Waals surface area contributed by atoms with Crippen LogP contribution in [0.4, 0.5) is 10.6 Å². The van der Waals surface area contributed by atoms with E-state index in [0.29, 0.717) is 12.4 Å². The number of rotatable bonds is 4. The van der Waals surface area contributed by atoms with Crippen molar-refractivity contribution in [1.82, 2.24) is 14.7 Å². The van der Waals surface area contributed by atoms with Crippen LogP contribution < -0.4 is 5.32 Å². The number of hydrogen-bond donors (Lipinski definition) is 1. The molecule has 2 aliphatic rings. The van der Waals surface area contributed by atoms with Gasteiger partial charge >= 0.3 is 6.03 Å². The number of methoxy groups -OCH3 is 1. The summed E-state index contributed by atoms with van der Waals surface area (Å²) >= 11 is 0. The molecule has 0 spiro atoms. The maximum atomic E-state index is 12.3. The van der Waals surface area contributed by atoms with Crippen molar-refractivity contribution in [3.05, 3.63) is 12.3 Å². The van der Waals surface area contributed by atoms with Crippen LogP contribution in [0.1, 0.15) is 32.2 Å². The third-order valence-corrected chi connectivity index (χ3v) is 4.72. The molecule has 6 nitrogen and oxygen atoms in total. The number of hydrogen-bond acceptors (Lipinski definition) is 3. The topological polar surface area (TPSA) is 59.4 Å². The molecule has 3 rings (SSSR count). The molecule has 0 unspecified atom stereocenters. The molecule has 1 aliphatic carbocycles. The van der Waals surface area contributed by atoms with Gasteiger partial charge in [0.1, 0.15) is 0 Å². The minimum atomic E-state index is -0.0194. The summed E-state index contributed by atoms with van der Waals surface area (Å²) in [6.45, 7) is 4.43. The molecule has 0 bridgehead atoms. The monoisotopic (exact) mass is 292 g/mol. The quantitative estimate of drug-likeness (QED) is 0.926. The summed E-state index contributed by atoms with van der Waals surface area (Å²) in [6.07, 6.45) is 5.75. The Balaban J connectivity index is 1.55. The second kappa shape index (κ2) is 6.05. The molecule has 1 saturated heterocycles. The number of likely N-dealkylation sites (tertiary alicyclic amines) is 1. The van der Waals surface area contributed by atoms with Gasteiger partial charge in [0, 0.05) is 32.5 Å². The van der Waals surface area contributed by atoms with Gasteiger partial charge < -0.3 is 9.64 Å². The van der Waals surface area contributed by atoms with Crippen LogP contribution in [0.15, 0.2) is 12.3 Å². The summed E-state index contributed by atoms with van der Waals surface area (Å²) in [7, 11) is 1.67. The Morgan fingerprint density at radius 3 is 2.86 bits per heavy atom. The molecule has 1 N–H and O–H groups in total. The van der Waals surface area contributed by atoms with Gasteiger partial charge in [-0.1, -0.05) is 6.42 Å². The van der Waals surface area contributed by atoms with Gasteiger partial charge in [-0.25, -0.2) is 4.79 Å². The van der Waals surface area contributed by atoms with Crippen molar-refractivity contribution in [2.45, 2.75) is 32.2 Å². The fraction of sp³-hybridized carbons (Fsp3) is 0.733. The Bertz CT molecular complexity index is 490. The Morgan fingerprint density at radius 1 is 1.48 bits per heavy atom. The highest BCUT2D eigenvalue weighted by molar-refractivity contribution is 5.88. The lowest BCUT2D eigenvalue weighted by atomic mass is 10.0. The summed E-state index contributed by atoms with van der Waals surface area (Å²) in [6, 6.07) is 1.97. The summed E-state index contributed by atoms with van der Waals surface area (Å²) in [5.41, 5.74) is 0. The van der Waals surface area contributed by atoms with Crippen molar-refractivity contribution in [1.29, 1.82) is 0 Å². The third-order valence-electron chi connectivity index (χ3n) is 4.72. The zero-order chi connectivity index (χ0) is 14.8. The summed E-state index contributed by atoms with van der Waals surface area (Å²) < 4.78 is 6.93. The van der Waals surface area contributed by atoms with Crippen molar-refractivity contribution in [2.24, 2.45) is 11.8 Å². The molecule has 1 saturated carbocycles. The number of carbonyl (C=O) groups excluding carboxylic acids is 1. The van der Waals surface area contributed by atoms with Gasteiger partial charge in [0.05, 0.1) is 12.6 Å². The molecule has 1 aliphatic heterocycles. The highest BCUT2D eigenvalue weighted by Gasteiger charge is 2.38. The number of ether oxygens (including phenoxy) is 1. The SMILES string of the molecule is COC[C@@H](C)n1ccc(NC(=O)N2C[C@H]3CCC[C@H]3C2)n1. The number of aromatic nitrogens is 2. The Morgan fingerprint density at radius 2 is 2.19 bits per heavy atom. The second-order valence-corrected chi connectivity index (χ2v) is 6.27. The molecule has 6 heteroatoms. The van der Waals surface area contributed by atoms with Crippen LogP contribution in [0.3, 0.4) is 0 Å². The predicted molar refractivity (Wildman–Crippen MR) is 80.2 cm³/mol. The van der Waals surface area contributed by atoms with Crippen LogP contribution in [0.2, 0.25) is 0 Å². The van der Waals surface area contributed by atoms with E-state index >= 15 is 0 Å². The van der Waals surface area contributed by atoms with Gasteiger partial charge in [0.2, 0.25) is 0 Å². The van der Waals surface area contributed by atoms with Crippen LogP contribution in [-0.4, -0.2) is 47.5 Å². The molecule has 3 atom stereocenters. The molecule has 0 radical (unpaired) electrons. The molecule has 21 heavy (non-hydrogen) atoms. The van der Waals surface area contributed by atoms with Crippen LogP contribution in [0.25, 0.3) is 0 Å². The molecule has 1 aromatic rings. The lowest BCUT2D eigenvalue weighted by Gasteiger charge is -2.17. The Hall–Kier alpha value is -1.56. The van der Waals surface area contributed by atoms with Gasteiger partial charge in [-0.15, -0.1) is 0 Å². The van der Waals surface area contributed by atoms with Crippen LogP contribution >= 0.6 is 0 Å². The van der Waals surface area contributed by atoms with Gasteiger partial charge in [0.25, 0.3) is 0 Å². The summed E-state index contributed by atoms with van der Waals surface area (Å²) in [5.74, 6) is 2.05. The molecular formula is C15H24N4O2. The molecule has 2 heterocycles. The zero-order valence-corrected chi connectivity index (χ0v) is 12.8. The van der Waals surface area contributed by atoms with Gasteiger partial charge in [0.15, 0.2) is 5.82 Å². The second-order valence-electron chi connectivity index (χ2n) is 6.27. The van der Waals surface area contributed by atoms with E-state index in [0.717, 1.165) is 24.9 Å². The fourth-order valence-corrected chi connectivity index (χ4v) is 3.56. The Labute approximate surface area is 125 Å². The smallest absolute Gasteiger partial charge is 0.323 e. The van der Waals surface area contributed by atoms with Gasteiger partial charge in [-0.2, -0.15) is 5.10 Å². The zero-order valence-electron chi connectivity index (χ0n) is 12.8. The first-order valence-corrected chi connectivity index (χ1v) is 7.77. The van der Waals surface area contributed by atoms with Crippen molar-refractivity contribution in [3.8, 4) is 0 Å². The maximum absolute atomic E-state index is 12.3. The highest BCUT2D eigenvalue weighted by Crippen LogP contribution is 2.37. The molecule has 1 aromatic heterocycles. The van der Waals surface area contributed by atoms with E-state index in [-0.39, 0.29) is 12.1 Å². The fourth-order valence-electron chi connectivity index (χ4n) is 3.56. The van der Waals surface area contributed by atoms with Crippen molar-refractivity contribution >= 4 is 11.8 Å². The first-order chi connectivity index (χ1) is 10.2. The van der Waals surface area contributed by atoms with Gasteiger partial charge in [-0.3, -0.25) is 10.00 Å². The van der Waals surface area contributed by atoms with E-state index in [1.807, 2.05) is 28.8 Å². The Kier molecular flexibility index (Phi) is 4.14. The van der Waals surface area contributed by atoms with Crippen molar-refractivity contribution in [3.63, 3.8) is 0 Å². The minimum absolute atomic E-state index is 0.0194. The number of urea groups is 1. The first kappa shape index (κ1) is 14.4. The number of nitrogens with one attached hydrogen (secondary N) is 1. The van der Waals surface area contributed by atoms with Gasteiger partial charge in [-0.05, 0) is 31.6 Å². The molecule has 116 valence electrons. The minimum Gasteiger partial charge on any atom is -0.382 e. The number of carbonyl (C=O) groups is 1. The molecule has 0 aromatic carbocycles. The van der Waals surface area contributed by atoms with Crippen LogP contribution in [-0.2, 0) is 4.74 Å². The van der Waals surface area contributed by atoms with Crippen molar-refractivity contribution in [2.75, 3.05) is 32.1 Å². The number of nitrogens with zero attached hydrogens (tertiary/aromatic N) is 3. The normalized spacial score (nSPS) is 25.9. The van der Waals surface area contributed by atoms with E-state index in [4.69, 9.17) is 4.74 Å². The third kappa shape index (κ3) is 3.05. The van der Waals surface area contributed by atoms with E-state index in [9.17, 15) is 4.79 Å².